The SMILES string of the molecule is Cc1cc(I)cc(NC(C)C)c1. The minimum atomic E-state index is 0.502. The fourth-order valence-corrected chi connectivity index (χ4v) is 1.98. The first kappa shape index (κ1) is 9.84. The lowest BCUT2D eigenvalue weighted by atomic mass is 10.2. The molecule has 0 amide bonds. The lowest BCUT2D eigenvalue weighted by Crippen LogP contribution is -2.09. The van der Waals surface area contributed by atoms with E-state index in [4.69, 9.17) is 0 Å². The summed E-state index contributed by atoms with van der Waals surface area (Å²) >= 11 is 2.34. The van der Waals surface area contributed by atoms with Gasteiger partial charge in [-0.3, -0.25) is 0 Å². The zero-order chi connectivity index (χ0) is 9.14. The van der Waals surface area contributed by atoms with Gasteiger partial charge in [0.15, 0.2) is 0 Å². The van der Waals surface area contributed by atoms with Crippen LogP contribution in [-0.2, 0) is 0 Å². The summed E-state index contributed by atoms with van der Waals surface area (Å²) in [5.41, 5.74) is 2.53. The average Bonchev–Trinajstić information content (AvgIpc) is 1.81. The van der Waals surface area contributed by atoms with E-state index >= 15 is 0 Å². The molecule has 0 atom stereocenters. The van der Waals surface area contributed by atoms with Crippen LogP contribution in [0, 0.1) is 10.5 Å². The van der Waals surface area contributed by atoms with Crippen LogP contribution in [0.2, 0.25) is 0 Å². The van der Waals surface area contributed by atoms with E-state index < -0.39 is 0 Å². The number of aryl methyl sites for hydroxylation is 1. The average molecular weight is 275 g/mol. The van der Waals surface area contributed by atoms with Crippen molar-refractivity contribution < 1.29 is 0 Å². The molecule has 2 heteroatoms. The Hall–Kier alpha value is -0.250. The van der Waals surface area contributed by atoms with Crippen molar-refractivity contribution in [3.63, 3.8) is 0 Å². The smallest absolute Gasteiger partial charge is 0.0355 e. The van der Waals surface area contributed by atoms with Gasteiger partial charge in [-0.1, -0.05) is 0 Å². The Morgan fingerprint density at radius 3 is 2.42 bits per heavy atom. The molecular weight excluding hydrogens is 261 g/mol. The quantitative estimate of drug-likeness (QED) is 0.815. The molecule has 1 aromatic rings. The number of rotatable bonds is 2. The number of hydrogen-bond donors (Lipinski definition) is 1. The summed E-state index contributed by atoms with van der Waals surface area (Å²) in [5, 5.41) is 3.38. The molecule has 66 valence electrons. The molecular formula is C10H14IN. The molecule has 0 unspecified atom stereocenters. The highest BCUT2D eigenvalue weighted by atomic mass is 127. The topological polar surface area (TPSA) is 12.0 Å². The molecule has 1 aromatic carbocycles. The van der Waals surface area contributed by atoms with Crippen LogP contribution < -0.4 is 5.32 Å². The van der Waals surface area contributed by atoms with Gasteiger partial charge in [-0.25, -0.2) is 0 Å². The highest BCUT2D eigenvalue weighted by molar-refractivity contribution is 14.1. The fourth-order valence-electron chi connectivity index (χ4n) is 1.15. The largest absolute Gasteiger partial charge is 0.383 e. The van der Waals surface area contributed by atoms with E-state index in [1.54, 1.807) is 0 Å². The van der Waals surface area contributed by atoms with E-state index in [1.165, 1.54) is 14.8 Å². The van der Waals surface area contributed by atoms with E-state index in [2.05, 4.69) is 66.9 Å². The Kier molecular flexibility index (Phi) is 3.38. The standard InChI is InChI=1S/C10H14IN/c1-7(2)12-10-5-8(3)4-9(11)6-10/h4-7,12H,1-3H3. The van der Waals surface area contributed by atoms with Gasteiger partial charge in [0, 0.05) is 15.3 Å². The zero-order valence-corrected chi connectivity index (χ0v) is 9.84. The van der Waals surface area contributed by atoms with Crippen LogP contribution in [0.1, 0.15) is 19.4 Å². The number of halogens is 1. The molecule has 1 nitrogen and oxygen atoms in total. The first-order chi connectivity index (χ1) is 5.58. The molecule has 1 N–H and O–H groups in total. The van der Waals surface area contributed by atoms with E-state index in [0.29, 0.717) is 6.04 Å². The van der Waals surface area contributed by atoms with Crippen molar-refractivity contribution in [2.45, 2.75) is 26.8 Å². The molecule has 0 aliphatic heterocycles. The van der Waals surface area contributed by atoms with Gasteiger partial charge in [-0.05, 0) is 67.1 Å². The van der Waals surface area contributed by atoms with Gasteiger partial charge >= 0.3 is 0 Å². The van der Waals surface area contributed by atoms with E-state index in [-0.39, 0.29) is 0 Å². The molecule has 1 rings (SSSR count). The van der Waals surface area contributed by atoms with Crippen molar-refractivity contribution in [1.82, 2.24) is 0 Å². The summed E-state index contributed by atoms with van der Waals surface area (Å²) in [7, 11) is 0. The Morgan fingerprint density at radius 2 is 1.92 bits per heavy atom. The maximum absolute atomic E-state index is 3.38. The van der Waals surface area contributed by atoms with Crippen molar-refractivity contribution in [1.29, 1.82) is 0 Å². The summed E-state index contributed by atoms with van der Waals surface area (Å²) in [6.45, 7) is 6.41. The number of anilines is 1. The second kappa shape index (κ2) is 4.12. The molecule has 0 radical (unpaired) electrons. The van der Waals surface area contributed by atoms with E-state index in [9.17, 15) is 0 Å². The Bertz CT molecular complexity index is 248. The van der Waals surface area contributed by atoms with Crippen LogP contribution in [0.25, 0.3) is 0 Å². The minimum absolute atomic E-state index is 0.502. The molecule has 0 saturated carbocycles. The highest BCUT2D eigenvalue weighted by Crippen LogP contribution is 2.16. The van der Waals surface area contributed by atoms with Gasteiger partial charge in [0.1, 0.15) is 0 Å². The monoisotopic (exact) mass is 275 g/mol. The van der Waals surface area contributed by atoms with Crippen molar-refractivity contribution in [3.05, 3.63) is 27.3 Å². The van der Waals surface area contributed by atoms with E-state index in [1.807, 2.05) is 0 Å². The molecule has 12 heavy (non-hydrogen) atoms. The molecule has 0 aliphatic carbocycles. The van der Waals surface area contributed by atoms with Gasteiger partial charge in [-0.15, -0.1) is 0 Å². The summed E-state index contributed by atoms with van der Waals surface area (Å²) < 4.78 is 1.29. The van der Waals surface area contributed by atoms with Crippen molar-refractivity contribution in [2.75, 3.05) is 5.32 Å². The van der Waals surface area contributed by atoms with Gasteiger partial charge < -0.3 is 5.32 Å². The van der Waals surface area contributed by atoms with Crippen molar-refractivity contribution in [2.24, 2.45) is 0 Å². The van der Waals surface area contributed by atoms with E-state index in [0.717, 1.165) is 0 Å². The Balaban J connectivity index is 2.85. The molecule has 0 saturated heterocycles. The second-order valence-corrected chi connectivity index (χ2v) is 4.56. The number of nitrogens with one attached hydrogen (secondary N) is 1. The van der Waals surface area contributed by atoms with Crippen molar-refractivity contribution in [3.8, 4) is 0 Å². The molecule has 0 heterocycles. The van der Waals surface area contributed by atoms with Crippen LogP contribution >= 0.6 is 22.6 Å². The second-order valence-electron chi connectivity index (χ2n) is 3.32. The lowest BCUT2D eigenvalue weighted by Gasteiger charge is -2.10. The lowest BCUT2D eigenvalue weighted by molar-refractivity contribution is 0.899. The molecule has 0 spiro atoms. The minimum Gasteiger partial charge on any atom is -0.383 e. The van der Waals surface area contributed by atoms with Gasteiger partial charge in [0.25, 0.3) is 0 Å². The Morgan fingerprint density at radius 1 is 1.25 bits per heavy atom. The maximum atomic E-state index is 3.38. The third kappa shape index (κ3) is 3.01. The molecule has 0 aliphatic rings. The van der Waals surface area contributed by atoms with Crippen LogP contribution in [0.5, 0.6) is 0 Å². The maximum Gasteiger partial charge on any atom is 0.0355 e. The zero-order valence-electron chi connectivity index (χ0n) is 7.69. The molecule has 0 bridgehead atoms. The van der Waals surface area contributed by atoms with Gasteiger partial charge in [0.05, 0.1) is 0 Å². The normalized spacial score (nSPS) is 10.4. The summed E-state index contributed by atoms with van der Waals surface area (Å²) in [6, 6.07) is 7.00. The number of hydrogen-bond acceptors (Lipinski definition) is 1. The van der Waals surface area contributed by atoms with Crippen LogP contribution in [0.15, 0.2) is 18.2 Å². The van der Waals surface area contributed by atoms with Gasteiger partial charge in [-0.2, -0.15) is 0 Å². The fraction of sp³-hybridized carbons (Fsp3) is 0.400. The summed E-state index contributed by atoms with van der Waals surface area (Å²) in [5.74, 6) is 0. The molecule has 0 fully saturated rings. The van der Waals surface area contributed by atoms with Crippen LogP contribution in [0.4, 0.5) is 5.69 Å². The first-order valence-corrected chi connectivity index (χ1v) is 5.19. The summed E-state index contributed by atoms with van der Waals surface area (Å²) in [6.07, 6.45) is 0. The van der Waals surface area contributed by atoms with Gasteiger partial charge in [0.2, 0.25) is 0 Å². The third-order valence-electron chi connectivity index (χ3n) is 1.50. The first-order valence-electron chi connectivity index (χ1n) is 4.11. The predicted octanol–water partition coefficient (Wildman–Crippen LogP) is 3.42. The van der Waals surface area contributed by atoms with Crippen LogP contribution in [0.3, 0.4) is 0 Å². The molecule has 0 aromatic heterocycles. The summed E-state index contributed by atoms with van der Waals surface area (Å²) in [4.78, 5) is 0. The Labute approximate surface area is 87.7 Å². The van der Waals surface area contributed by atoms with Crippen molar-refractivity contribution >= 4 is 28.3 Å². The highest BCUT2D eigenvalue weighted by Gasteiger charge is 1.97. The van der Waals surface area contributed by atoms with Crippen LogP contribution in [-0.4, -0.2) is 6.04 Å². The third-order valence-corrected chi connectivity index (χ3v) is 2.12. The predicted molar refractivity (Wildman–Crippen MR) is 62.7 cm³/mol. The number of benzene rings is 1.